The van der Waals surface area contributed by atoms with Crippen molar-refractivity contribution in [3.8, 4) is 5.75 Å². The highest BCUT2D eigenvalue weighted by Crippen LogP contribution is 2.40. The Morgan fingerprint density at radius 3 is 2.07 bits per heavy atom. The third kappa shape index (κ3) is 4.20. The molecule has 0 unspecified atom stereocenters. The fraction of sp³-hybridized carbons (Fsp3) is 0.682. The molecule has 0 aliphatic carbocycles. The van der Waals surface area contributed by atoms with Crippen molar-refractivity contribution >= 4 is 28.4 Å². The second-order valence-corrected chi connectivity index (χ2v) is 9.86. The molecule has 0 aromatic heterocycles. The zero-order valence-corrected chi connectivity index (χ0v) is 18.6. The van der Waals surface area contributed by atoms with Crippen LogP contribution in [0.2, 0.25) is 0 Å². The van der Waals surface area contributed by atoms with Crippen molar-refractivity contribution in [3.05, 3.63) is 26.8 Å². The number of fused-ring (bicyclic) bond motifs is 1. The highest BCUT2D eigenvalue weighted by atomic mass is 127. The minimum absolute atomic E-state index is 0.307. The van der Waals surface area contributed by atoms with E-state index in [9.17, 15) is 4.79 Å². The van der Waals surface area contributed by atoms with Crippen LogP contribution in [-0.2, 0) is 0 Å². The van der Waals surface area contributed by atoms with Crippen LogP contribution in [0.3, 0.4) is 0 Å². The summed E-state index contributed by atoms with van der Waals surface area (Å²) in [6.07, 6.45) is 7.65. The molecule has 0 spiro atoms. The number of halogens is 1. The number of piperidine rings is 2. The van der Waals surface area contributed by atoms with E-state index in [1.807, 2.05) is 6.07 Å². The smallest absolute Gasteiger partial charge is 0.178 e. The monoisotopic (exact) mass is 482 g/mol. The zero-order valence-electron chi connectivity index (χ0n) is 16.4. The lowest BCUT2D eigenvalue weighted by Crippen LogP contribution is -2.56. The molecule has 4 nitrogen and oxygen atoms in total. The number of likely N-dealkylation sites (tertiary alicyclic amines) is 2. The zero-order chi connectivity index (χ0) is 18.9. The molecule has 1 aromatic rings. The van der Waals surface area contributed by atoms with Gasteiger partial charge >= 0.3 is 0 Å². The lowest BCUT2D eigenvalue weighted by atomic mass is 9.77. The molecule has 1 aromatic carbocycles. The normalized spacial score (nSPS) is 23.7. The van der Waals surface area contributed by atoms with Crippen molar-refractivity contribution in [2.45, 2.75) is 45.4 Å². The Kier molecular flexibility index (Phi) is 6.09. The molecule has 0 bridgehead atoms. The van der Waals surface area contributed by atoms with Crippen molar-refractivity contribution in [3.63, 3.8) is 0 Å². The van der Waals surface area contributed by atoms with Gasteiger partial charge in [0.15, 0.2) is 5.78 Å². The standard InChI is InChI=1S/C22H31IN2O2/c1-17-12-18-20(19(23)13-17)27-16-22(21(18)26,14-24-8-4-2-5-9-24)15-25-10-6-3-7-11-25/h12-13H,2-11,14-16H2,1H3. The summed E-state index contributed by atoms with van der Waals surface area (Å²) in [5.74, 6) is 1.11. The van der Waals surface area contributed by atoms with E-state index < -0.39 is 5.41 Å². The average molecular weight is 482 g/mol. The Morgan fingerprint density at radius 1 is 0.963 bits per heavy atom. The molecule has 0 radical (unpaired) electrons. The molecule has 0 saturated carbocycles. The summed E-state index contributed by atoms with van der Waals surface area (Å²) in [6.45, 7) is 8.74. The Morgan fingerprint density at radius 2 is 1.52 bits per heavy atom. The molecule has 0 atom stereocenters. The van der Waals surface area contributed by atoms with Gasteiger partial charge in [0.05, 0.1) is 14.5 Å². The van der Waals surface area contributed by atoms with Crippen LogP contribution in [0, 0.1) is 15.9 Å². The maximum absolute atomic E-state index is 13.9. The Bertz CT molecular complexity index is 674. The van der Waals surface area contributed by atoms with Crippen molar-refractivity contribution < 1.29 is 9.53 Å². The maximum atomic E-state index is 13.9. The highest BCUT2D eigenvalue weighted by Gasteiger charge is 2.47. The van der Waals surface area contributed by atoms with Crippen LogP contribution >= 0.6 is 22.6 Å². The fourth-order valence-electron chi connectivity index (χ4n) is 4.98. The van der Waals surface area contributed by atoms with E-state index in [0.29, 0.717) is 12.4 Å². The van der Waals surface area contributed by atoms with Crippen molar-refractivity contribution in [2.24, 2.45) is 5.41 Å². The molecule has 3 aliphatic rings. The van der Waals surface area contributed by atoms with Crippen molar-refractivity contribution in [2.75, 3.05) is 45.9 Å². The van der Waals surface area contributed by atoms with Gasteiger partial charge in [-0.2, -0.15) is 0 Å². The summed E-state index contributed by atoms with van der Waals surface area (Å²) in [7, 11) is 0. The van der Waals surface area contributed by atoms with E-state index in [1.54, 1.807) is 0 Å². The summed E-state index contributed by atoms with van der Waals surface area (Å²) in [5.41, 5.74) is 1.51. The van der Waals surface area contributed by atoms with Gasteiger partial charge in [0.2, 0.25) is 0 Å². The molecule has 2 fully saturated rings. The maximum Gasteiger partial charge on any atom is 0.178 e. The summed E-state index contributed by atoms with van der Waals surface area (Å²) in [5, 5.41) is 0. The van der Waals surface area contributed by atoms with Crippen molar-refractivity contribution in [1.82, 2.24) is 9.80 Å². The predicted octanol–water partition coefficient (Wildman–Crippen LogP) is 4.13. The van der Waals surface area contributed by atoms with E-state index in [2.05, 4.69) is 45.4 Å². The van der Waals surface area contributed by atoms with Gasteiger partial charge in [-0.1, -0.05) is 12.8 Å². The Labute approximate surface area is 176 Å². The Hall–Kier alpha value is -0.660. The molecule has 2 saturated heterocycles. The number of carbonyl (C=O) groups excluding carboxylic acids is 1. The van der Waals surface area contributed by atoms with Crippen LogP contribution in [0.25, 0.3) is 0 Å². The molecule has 148 valence electrons. The number of benzene rings is 1. The van der Waals surface area contributed by atoms with Crippen LogP contribution in [0.15, 0.2) is 12.1 Å². The van der Waals surface area contributed by atoms with Crippen LogP contribution < -0.4 is 4.74 Å². The lowest BCUT2D eigenvalue weighted by Gasteiger charge is -2.44. The van der Waals surface area contributed by atoms with Gasteiger partial charge in [0.25, 0.3) is 0 Å². The first kappa shape index (κ1) is 19.6. The molecular weight excluding hydrogens is 451 g/mol. The summed E-state index contributed by atoms with van der Waals surface area (Å²) in [6, 6.07) is 4.15. The molecule has 0 amide bonds. The summed E-state index contributed by atoms with van der Waals surface area (Å²) < 4.78 is 7.35. The van der Waals surface area contributed by atoms with Gasteiger partial charge < -0.3 is 14.5 Å². The first-order valence-electron chi connectivity index (χ1n) is 10.5. The van der Waals surface area contributed by atoms with Gasteiger partial charge in [-0.3, -0.25) is 4.79 Å². The Balaban J connectivity index is 1.65. The van der Waals surface area contributed by atoms with Gasteiger partial charge in [-0.15, -0.1) is 0 Å². The van der Waals surface area contributed by atoms with Gasteiger partial charge in [0, 0.05) is 13.1 Å². The van der Waals surface area contributed by atoms with Crippen molar-refractivity contribution in [1.29, 1.82) is 0 Å². The van der Waals surface area contributed by atoms with Crippen LogP contribution in [-0.4, -0.2) is 61.5 Å². The first-order chi connectivity index (χ1) is 13.1. The molecule has 27 heavy (non-hydrogen) atoms. The quantitative estimate of drug-likeness (QED) is 0.605. The highest BCUT2D eigenvalue weighted by molar-refractivity contribution is 14.1. The number of ketones is 1. The third-order valence-electron chi connectivity index (χ3n) is 6.36. The van der Waals surface area contributed by atoms with E-state index >= 15 is 0 Å². The van der Waals surface area contributed by atoms with E-state index in [-0.39, 0.29) is 0 Å². The number of aryl methyl sites for hydroxylation is 1. The molecule has 0 N–H and O–H groups in total. The van der Waals surface area contributed by atoms with Gasteiger partial charge in [0.1, 0.15) is 12.4 Å². The number of carbonyl (C=O) groups is 1. The second-order valence-electron chi connectivity index (χ2n) is 8.70. The number of nitrogens with zero attached hydrogens (tertiary/aromatic N) is 2. The SMILES string of the molecule is Cc1cc(I)c2c(c1)C(=O)C(CN1CCCCC1)(CN1CCCCC1)CO2. The average Bonchev–Trinajstić information content (AvgIpc) is 2.67. The number of hydrogen-bond acceptors (Lipinski definition) is 4. The number of ether oxygens (including phenoxy) is 1. The lowest BCUT2D eigenvalue weighted by molar-refractivity contribution is 0.0233. The summed E-state index contributed by atoms with van der Waals surface area (Å²) >= 11 is 2.30. The van der Waals surface area contributed by atoms with Crippen LogP contribution in [0.1, 0.15) is 54.4 Å². The van der Waals surface area contributed by atoms with E-state index in [4.69, 9.17) is 4.74 Å². The van der Waals surface area contributed by atoms with Gasteiger partial charge in [-0.05, 0) is 99.1 Å². The fourth-order valence-corrected chi connectivity index (χ4v) is 5.92. The predicted molar refractivity (Wildman–Crippen MR) is 117 cm³/mol. The molecule has 5 heteroatoms. The van der Waals surface area contributed by atoms with E-state index in [0.717, 1.165) is 59.7 Å². The molecule has 3 aliphatic heterocycles. The minimum Gasteiger partial charge on any atom is -0.491 e. The molecule has 4 rings (SSSR count). The second kappa shape index (κ2) is 8.37. The van der Waals surface area contributed by atoms with E-state index in [1.165, 1.54) is 38.5 Å². The number of Topliss-reactive ketones (excluding diaryl/α,β-unsaturated/α-hetero) is 1. The van der Waals surface area contributed by atoms with Gasteiger partial charge in [-0.25, -0.2) is 0 Å². The topological polar surface area (TPSA) is 32.8 Å². The third-order valence-corrected chi connectivity index (χ3v) is 7.16. The van der Waals surface area contributed by atoms with Crippen LogP contribution in [0.4, 0.5) is 0 Å². The molecular formula is C22H31IN2O2. The first-order valence-corrected chi connectivity index (χ1v) is 11.6. The number of rotatable bonds is 4. The minimum atomic E-state index is -0.432. The summed E-state index contributed by atoms with van der Waals surface area (Å²) in [4.78, 5) is 18.9. The molecule has 3 heterocycles. The van der Waals surface area contributed by atoms with Crippen LogP contribution in [0.5, 0.6) is 5.75 Å². The number of hydrogen-bond donors (Lipinski definition) is 0. The largest absolute Gasteiger partial charge is 0.491 e.